The Morgan fingerprint density at radius 2 is 1.24 bits per heavy atom. The summed E-state index contributed by atoms with van der Waals surface area (Å²) in [5.74, 6) is 0. The summed E-state index contributed by atoms with van der Waals surface area (Å²) in [6, 6.07) is 0. The highest BCUT2D eigenvalue weighted by molar-refractivity contribution is 6.16. The SMILES string of the molecule is CCN(CC)CC([SiH3])(N(CC)CC)C(C)(C)C. The Morgan fingerprint density at radius 1 is 0.824 bits per heavy atom. The minimum atomic E-state index is 0.355. The summed E-state index contributed by atoms with van der Waals surface area (Å²) in [6.45, 7) is 22.2. The van der Waals surface area contributed by atoms with Crippen LogP contribution in [0.15, 0.2) is 0 Å². The molecule has 2 nitrogen and oxygen atoms in total. The second-order valence-corrected chi connectivity index (χ2v) is 7.81. The molecule has 0 aliphatic rings. The molecule has 0 saturated carbocycles. The van der Waals surface area contributed by atoms with Crippen LogP contribution in [0.5, 0.6) is 0 Å². The molecule has 0 rings (SSSR count). The standard InChI is InChI=1S/C14H34N2Si/c1-8-15(9-2)12-14(17,13(5,6)7)16(10-3)11-4/h8-12H2,1-7,17H3. The predicted molar refractivity (Wildman–Crippen MR) is 82.8 cm³/mol. The fourth-order valence-corrected chi connectivity index (χ4v) is 3.70. The molecule has 0 fully saturated rings. The second kappa shape index (κ2) is 6.91. The normalized spacial score (nSPS) is 16.8. The molecule has 17 heavy (non-hydrogen) atoms. The first kappa shape index (κ1) is 17.1. The van der Waals surface area contributed by atoms with E-state index in [1.807, 2.05) is 0 Å². The summed E-state index contributed by atoms with van der Waals surface area (Å²) in [5, 5.41) is 0.377. The lowest BCUT2D eigenvalue weighted by Gasteiger charge is -2.52. The Balaban J connectivity index is 5.10. The van der Waals surface area contributed by atoms with E-state index >= 15 is 0 Å². The molecule has 0 aliphatic heterocycles. The third kappa shape index (κ3) is 4.07. The van der Waals surface area contributed by atoms with Crippen molar-refractivity contribution in [3.63, 3.8) is 0 Å². The van der Waals surface area contributed by atoms with E-state index in [2.05, 4.69) is 58.3 Å². The van der Waals surface area contributed by atoms with Crippen LogP contribution in [-0.2, 0) is 0 Å². The van der Waals surface area contributed by atoms with Gasteiger partial charge in [0.1, 0.15) is 0 Å². The van der Waals surface area contributed by atoms with Gasteiger partial charge in [0.25, 0.3) is 0 Å². The van der Waals surface area contributed by atoms with Crippen molar-refractivity contribution in [2.75, 3.05) is 32.7 Å². The Bertz CT molecular complexity index is 205. The number of hydrogen-bond acceptors (Lipinski definition) is 2. The number of nitrogens with zero attached hydrogens (tertiary/aromatic N) is 2. The van der Waals surface area contributed by atoms with Crippen LogP contribution in [-0.4, -0.2) is 57.9 Å². The van der Waals surface area contributed by atoms with Gasteiger partial charge in [-0.2, -0.15) is 0 Å². The van der Waals surface area contributed by atoms with E-state index in [0.29, 0.717) is 10.6 Å². The molecule has 1 unspecified atom stereocenters. The molecule has 0 heterocycles. The van der Waals surface area contributed by atoms with Gasteiger partial charge in [-0.1, -0.05) is 48.5 Å². The molecule has 0 N–H and O–H groups in total. The number of rotatable bonds is 7. The van der Waals surface area contributed by atoms with E-state index < -0.39 is 0 Å². The van der Waals surface area contributed by atoms with Gasteiger partial charge in [0.15, 0.2) is 0 Å². The second-order valence-electron chi connectivity index (χ2n) is 6.16. The van der Waals surface area contributed by atoms with Gasteiger partial charge in [-0.15, -0.1) is 0 Å². The lowest BCUT2D eigenvalue weighted by Crippen LogP contribution is -2.63. The van der Waals surface area contributed by atoms with Gasteiger partial charge in [-0.05, 0) is 31.6 Å². The van der Waals surface area contributed by atoms with Crippen molar-refractivity contribution in [1.29, 1.82) is 0 Å². The summed E-state index contributed by atoms with van der Waals surface area (Å²) >= 11 is 0. The predicted octanol–water partition coefficient (Wildman–Crippen LogP) is 1.78. The van der Waals surface area contributed by atoms with E-state index in [-0.39, 0.29) is 0 Å². The maximum Gasteiger partial charge on any atom is 0.0307 e. The van der Waals surface area contributed by atoms with Gasteiger partial charge >= 0.3 is 0 Å². The average Bonchev–Trinajstić information content (AvgIpc) is 2.26. The minimum absolute atomic E-state index is 0.355. The Hall–Kier alpha value is 0.137. The lowest BCUT2D eigenvalue weighted by molar-refractivity contribution is 0.0376. The summed E-state index contributed by atoms with van der Waals surface area (Å²) in [4.78, 5) is 5.26. The number of hydrogen-bond donors (Lipinski definition) is 0. The molecule has 0 aromatic heterocycles. The highest BCUT2D eigenvalue weighted by Crippen LogP contribution is 2.33. The fourth-order valence-electron chi connectivity index (χ4n) is 2.62. The Morgan fingerprint density at radius 3 is 1.47 bits per heavy atom. The molecule has 0 aliphatic carbocycles. The van der Waals surface area contributed by atoms with E-state index in [9.17, 15) is 0 Å². The third-order valence-corrected chi connectivity index (χ3v) is 6.95. The summed E-state index contributed by atoms with van der Waals surface area (Å²) < 4.78 is 0. The quantitative estimate of drug-likeness (QED) is 0.642. The summed E-state index contributed by atoms with van der Waals surface area (Å²) in [5.41, 5.74) is 0.355. The van der Waals surface area contributed by atoms with Crippen LogP contribution >= 0.6 is 0 Å². The number of likely N-dealkylation sites (N-methyl/N-ethyl adjacent to an activating group) is 2. The van der Waals surface area contributed by atoms with Crippen LogP contribution in [0.2, 0.25) is 0 Å². The monoisotopic (exact) mass is 258 g/mol. The fraction of sp³-hybridized carbons (Fsp3) is 1.00. The molecule has 0 radical (unpaired) electrons. The molecular weight excluding hydrogens is 224 g/mol. The zero-order valence-corrected chi connectivity index (χ0v) is 15.4. The van der Waals surface area contributed by atoms with Crippen molar-refractivity contribution >= 4 is 10.2 Å². The largest absolute Gasteiger partial charge is 0.302 e. The first-order chi connectivity index (χ1) is 7.76. The minimum Gasteiger partial charge on any atom is -0.302 e. The Kier molecular flexibility index (Phi) is 6.96. The maximum absolute atomic E-state index is 2.68. The van der Waals surface area contributed by atoms with Crippen molar-refractivity contribution in [3.05, 3.63) is 0 Å². The molecule has 0 saturated heterocycles. The van der Waals surface area contributed by atoms with Crippen molar-refractivity contribution in [3.8, 4) is 0 Å². The summed E-state index contributed by atoms with van der Waals surface area (Å²) in [6.07, 6.45) is 0. The van der Waals surface area contributed by atoms with E-state index in [1.54, 1.807) is 0 Å². The molecule has 104 valence electrons. The van der Waals surface area contributed by atoms with Gasteiger partial charge in [-0.25, -0.2) is 0 Å². The Labute approximate surface area is 112 Å². The first-order valence-corrected chi connectivity index (χ1v) is 8.24. The molecule has 0 aromatic rings. The van der Waals surface area contributed by atoms with Gasteiger partial charge < -0.3 is 9.80 Å². The molecule has 1 atom stereocenters. The third-order valence-electron chi connectivity index (χ3n) is 4.50. The molecule has 0 spiro atoms. The lowest BCUT2D eigenvalue weighted by atomic mass is 9.83. The zero-order valence-electron chi connectivity index (χ0n) is 13.4. The molecule has 0 aromatic carbocycles. The van der Waals surface area contributed by atoms with Crippen LogP contribution < -0.4 is 0 Å². The van der Waals surface area contributed by atoms with Crippen molar-refractivity contribution < 1.29 is 0 Å². The molecule has 3 heteroatoms. The van der Waals surface area contributed by atoms with Gasteiger partial charge in [0, 0.05) is 21.9 Å². The van der Waals surface area contributed by atoms with Crippen molar-refractivity contribution in [2.45, 2.75) is 53.6 Å². The topological polar surface area (TPSA) is 6.48 Å². The zero-order chi connectivity index (χ0) is 13.7. The van der Waals surface area contributed by atoms with Crippen LogP contribution in [0.3, 0.4) is 0 Å². The van der Waals surface area contributed by atoms with Crippen LogP contribution in [0.25, 0.3) is 0 Å². The average molecular weight is 259 g/mol. The van der Waals surface area contributed by atoms with E-state index in [0.717, 1.165) is 13.1 Å². The van der Waals surface area contributed by atoms with Crippen LogP contribution in [0.4, 0.5) is 0 Å². The van der Waals surface area contributed by atoms with Gasteiger partial charge in [0.2, 0.25) is 0 Å². The van der Waals surface area contributed by atoms with Crippen LogP contribution in [0, 0.1) is 5.41 Å². The maximum atomic E-state index is 2.68. The van der Waals surface area contributed by atoms with Crippen LogP contribution in [0.1, 0.15) is 48.5 Å². The van der Waals surface area contributed by atoms with E-state index in [4.69, 9.17) is 0 Å². The summed E-state index contributed by atoms with van der Waals surface area (Å²) in [7, 11) is 1.22. The smallest absolute Gasteiger partial charge is 0.0307 e. The van der Waals surface area contributed by atoms with Gasteiger partial charge in [0.05, 0.1) is 0 Å². The van der Waals surface area contributed by atoms with E-state index in [1.165, 1.54) is 29.9 Å². The van der Waals surface area contributed by atoms with Gasteiger partial charge in [-0.3, -0.25) is 0 Å². The molecular formula is C14H34N2Si. The van der Waals surface area contributed by atoms with Crippen molar-refractivity contribution in [2.24, 2.45) is 5.41 Å². The highest BCUT2D eigenvalue weighted by atomic mass is 28.1. The first-order valence-electron chi connectivity index (χ1n) is 7.24. The highest BCUT2D eigenvalue weighted by Gasteiger charge is 2.41. The van der Waals surface area contributed by atoms with Crippen molar-refractivity contribution in [1.82, 2.24) is 9.80 Å². The molecule has 0 bridgehead atoms. The molecule has 0 amide bonds.